The molecule has 10 rings (SSSR count). The third kappa shape index (κ3) is 10.7. The second-order valence-electron chi connectivity index (χ2n) is 20.6. The lowest BCUT2D eigenvalue weighted by Crippen LogP contribution is -2.51. The van der Waals surface area contributed by atoms with Gasteiger partial charge < -0.3 is 29.6 Å². The molecule has 3 aliphatic rings. The second-order valence-corrected chi connectivity index (χ2v) is 21.0. The van der Waals surface area contributed by atoms with Crippen molar-refractivity contribution in [2.75, 3.05) is 26.4 Å². The number of nitrogens with one attached hydrogen (secondary N) is 2. The molecular weight excluding hydrogens is 962 g/mol. The molecule has 4 atom stereocenters. The number of rotatable bonds is 15. The first-order chi connectivity index (χ1) is 36.3. The van der Waals surface area contributed by atoms with Gasteiger partial charge in [-0.1, -0.05) is 187 Å². The van der Waals surface area contributed by atoms with Gasteiger partial charge in [0.05, 0.1) is 30.7 Å². The summed E-state index contributed by atoms with van der Waals surface area (Å²) in [6, 6.07) is 54.0. The molecule has 1 saturated heterocycles. The molecule has 0 aromatic heterocycles. The summed E-state index contributed by atoms with van der Waals surface area (Å²) in [5, 5.41) is 6.41. The van der Waals surface area contributed by atoms with Crippen LogP contribution in [0.15, 0.2) is 176 Å². The summed E-state index contributed by atoms with van der Waals surface area (Å²) >= 11 is 7.00. The number of carbonyl (C=O) groups is 4. The van der Waals surface area contributed by atoms with Gasteiger partial charge in [-0.2, -0.15) is 0 Å². The zero-order chi connectivity index (χ0) is 52.3. The Morgan fingerprint density at radius 1 is 0.627 bits per heavy atom. The summed E-state index contributed by atoms with van der Waals surface area (Å²) < 4.78 is 25.1. The molecule has 3 amide bonds. The van der Waals surface area contributed by atoms with Crippen molar-refractivity contribution in [3.63, 3.8) is 0 Å². The first-order valence-electron chi connectivity index (χ1n) is 25.5. The van der Waals surface area contributed by atoms with Crippen molar-refractivity contribution < 1.29 is 38.1 Å². The third-order valence-electron chi connectivity index (χ3n) is 14.5. The summed E-state index contributed by atoms with van der Waals surface area (Å²) in [5.41, 5.74) is 9.36. The van der Waals surface area contributed by atoms with Gasteiger partial charge in [0.25, 0.3) is 0 Å². The second kappa shape index (κ2) is 21.6. The van der Waals surface area contributed by atoms with Crippen molar-refractivity contribution in [3.8, 4) is 22.3 Å². The minimum atomic E-state index is -1.49. The first-order valence-corrected chi connectivity index (χ1v) is 25.9. The third-order valence-corrected chi connectivity index (χ3v) is 14.8. The molecule has 1 aliphatic heterocycles. The number of hydrogen-bond acceptors (Lipinski definition) is 8. The van der Waals surface area contributed by atoms with Gasteiger partial charge in [0, 0.05) is 40.1 Å². The van der Waals surface area contributed by atoms with Crippen molar-refractivity contribution in [1.29, 1.82) is 0 Å². The summed E-state index contributed by atoms with van der Waals surface area (Å²) in [7, 11) is 0. The van der Waals surface area contributed by atoms with Gasteiger partial charge in [-0.3, -0.25) is 14.5 Å². The molecule has 2 N–H and O–H groups in total. The van der Waals surface area contributed by atoms with E-state index in [2.05, 4.69) is 47.0 Å². The van der Waals surface area contributed by atoms with Gasteiger partial charge in [-0.25, -0.2) is 9.59 Å². The van der Waals surface area contributed by atoms with Gasteiger partial charge in [0.1, 0.15) is 19.3 Å². The fraction of sp³-hybridized carbons (Fsp3) is 0.270. The summed E-state index contributed by atoms with van der Waals surface area (Å²) in [4.78, 5) is 59.3. The standard InChI is InChI=1S/C63H60ClN3O8/c1-40-30-32-42(33-31-40)63(41-18-6-5-7-19-41,55-28-16-17-29-56(55)64)75-58(68)35-44(37-74-62(2,3)4)65-59(69)57-34-43(66-60(70)72-38-53-49-24-12-8-20-45(49)46-21-9-13-25-50(46)53)36-67(57)61(71)73-39-54-51-26-14-10-22-47(51)48-23-11-15-27-52(48)54/h5-33,43-44,53-54,57H,34-39H2,1-4H3,(H,65,69)(H,66,70)/t43-,44?,57+,63?/m1/s1. The molecule has 1 fully saturated rings. The minimum absolute atomic E-state index is 0.0195. The number of aryl methyl sites for hydroxylation is 1. The number of ether oxygens (including phenoxy) is 4. The van der Waals surface area contributed by atoms with E-state index in [-0.39, 0.29) is 51.0 Å². The summed E-state index contributed by atoms with van der Waals surface area (Å²) in [5.74, 6) is -1.60. The molecule has 75 heavy (non-hydrogen) atoms. The van der Waals surface area contributed by atoms with E-state index in [4.69, 9.17) is 30.5 Å². The van der Waals surface area contributed by atoms with Crippen LogP contribution in [0.4, 0.5) is 9.59 Å². The Morgan fingerprint density at radius 2 is 1.12 bits per heavy atom. The number of amides is 3. The highest BCUT2D eigenvalue weighted by Gasteiger charge is 2.45. The molecule has 0 bridgehead atoms. The number of benzene rings is 7. The molecule has 2 aliphatic carbocycles. The van der Waals surface area contributed by atoms with E-state index in [9.17, 15) is 19.2 Å². The van der Waals surface area contributed by atoms with Crippen molar-refractivity contribution in [1.82, 2.24) is 15.5 Å². The van der Waals surface area contributed by atoms with Crippen LogP contribution in [0.3, 0.4) is 0 Å². The van der Waals surface area contributed by atoms with Crippen molar-refractivity contribution in [2.24, 2.45) is 0 Å². The number of hydrogen-bond donors (Lipinski definition) is 2. The number of alkyl carbamates (subject to hydrolysis) is 1. The smallest absolute Gasteiger partial charge is 0.410 e. The summed E-state index contributed by atoms with van der Waals surface area (Å²) in [6.45, 7) is 7.63. The van der Waals surface area contributed by atoms with E-state index in [0.29, 0.717) is 21.7 Å². The summed E-state index contributed by atoms with van der Waals surface area (Å²) in [6.07, 6.45) is -1.68. The van der Waals surface area contributed by atoms with E-state index in [1.165, 1.54) is 4.90 Å². The largest absolute Gasteiger partial charge is 0.449 e. The average Bonchev–Trinajstić information content (AvgIpc) is 4.10. The fourth-order valence-electron chi connectivity index (χ4n) is 10.9. The van der Waals surface area contributed by atoms with Gasteiger partial charge in [0.15, 0.2) is 5.60 Å². The van der Waals surface area contributed by atoms with Crippen molar-refractivity contribution >= 4 is 35.7 Å². The Morgan fingerprint density at radius 3 is 1.67 bits per heavy atom. The first kappa shape index (κ1) is 50.8. The van der Waals surface area contributed by atoms with Crippen LogP contribution >= 0.6 is 11.6 Å². The predicted octanol–water partition coefficient (Wildman–Crippen LogP) is 12.1. The zero-order valence-corrected chi connectivity index (χ0v) is 43.2. The van der Waals surface area contributed by atoms with E-state index in [1.54, 1.807) is 6.07 Å². The lowest BCUT2D eigenvalue weighted by molar-refractivity contribution is -0.155. The normalized spacial score (nSPS) is 16.9. The number of carbonyl (C=O) groups excluding carboxylic acids is 4. The fourth-order valence-corrected chi connectivity index (χ4v) is 11.2. The van der Waals surface area contributed by atoms with Gasteiger partial charge in [0.2, 0.25) is 5.91 Å². The zero-order valence-electron chi connectivity index (χ0n) is 42.5. The van der Waals surface area contributed by atoms with Crippen LogP contribution in [0.1, 0.15) is 90.0 Å². The highest BCUT2D eigenvalue weighted by atomic mass is 35.5. The van der Waals surface area contributed by atoms with Gasteiger partial charge >= 0.3 is 18.2 Å². The molecule has 12 heteroatoms. The molecule has 0 saturated carbocycles. The monoisotopic (exact) mass is 1020 g/mol. The molecule has 2 unspecified atom stereocenters. The predicted molar refractivity (Wildman–Crippen MR) is 289 cm³/mol. The number of likely N-dealkylation sites (tertiary alicyclic amines) is 1. The molecule has 0 spiro atoms. The highest BCUT2D eigenvalue weighted by Crippen LogP contribution is 2.47. The van der Waals surface area contributed by atoms with Gasteiger partial charge in [-0.15, -0.1) is 0 Å². The Hall–Kier alpha value is -7.73. The van der Waals surface area contributed by atoms with E-state index >= 15 is 0 Å². The van der Waals surface area contributed by atoms with Crippen LogP contribution in [-0.2, 0) is 34.1 Å². The highest BCUT2D eigenvalue weighted by molar-refractivity contribution is 6.31. The van der Waals surface area contributed by atoms with Crippen LogP contribution in [0, 0.1) is 6.92 Å². The molecule has 7 aromatic carbocycles. The number of esters is 1. The van der Waals surface area contributed by atoms with E-state index in [0.717, 1.165) is 50.1 Å². The number of nitrogens with zero attached hydrogens (tertiary/aromatic N) is 1. The topological polar surface area (TPSA) is 132 Å². The molecule has 1 heterocycles. The van der Waals surface area contributed by atoms with Crippen LogP contribution in [0.2, 0.25) is 5.02 Å². The van der Waals surface area contributed by atoms with Crippen LogP contribution in [0.5, 0.6) is 0 Å². The molecule has 7 aromatic rings. The molecule has 0 radical (unpaired) electrons. The van der Waals surface area contributed by atoms with Crippen LogP contribution in [0.25, 0.3) is 22.3 Å². The van der Waals surface area contributed by atoms with E-state index < -0.39 is 53.4 Å². The number of fused-ring (bicyclic) bond motifs is 6. The lowest BCUT2D eigenvalue weighted by Gasteiger charge is -2.36. The van der Waals surface area contributed by atoms with E-state index in [1.807, 2.05) is 161 Å². The molecule has 11 nitrogen and oxygen atoms in total. The quantitative estimate of drug-likeness (QED) is 0.0589. The Labute approximate surface area is 443 Å². The number of halogens is 1. The average molecular weight is 1020 g/mol. The maximum atomic E-state index is 14.9. The van der Waals surface area contributed by atoms with Crippen molar-refractivity contribution in [3.05, 3.63) is 225 Å². The molecular formula is C63H60ClN3O8. The lowest BCUT2D eigenvalue weighted by atomic mass is 9.79. The molecule has 382 valence electrons. The van der Waals surface area contributed by atoms with Crippen LogP contribution in [-0.4, -0.2) is 79.1 Å². The Bertz CT molecular complexity index is 3140. The van der Waals surface area contributed by atoms with Crippen molar-refractivity contribution in [2.45, 2.75) is 81.7 Å². The SMILES string of the molecule is Cc1ccc(C(OC(=O)CC(COC(C)(C)C)NC(=O)[C@@H]2C[C@@H](NC(=O)OCC3c4ccccc4-c4ccccc43)CN2C(=O)OCC2c3ccccc3-c3ccccc32)(c2ccccc2)c2ccccc2Cl)cc1. The van der Waals surface area contributed by atoms with Crippen LogP contribution < -0.4 is 10.6 Å². The van der Waals surface area contributed by atoms with Gasteiger partial charge in [-0.05, 0) is 84.7 Å². The maximum absolute atomic E-state index is 14.9. The Balaban J connectivity index is 0.906. The minimum Gasteiger partial charge on any atom is -0.449 e. The Kier molecular flexibility index (Phi) is 14.6. The maximum Gasteiger partial charge on any atom is 0.410 e.